The lowest BCUT2D eigenvalue weighted by Crippen LogP contribution is -2.13. The zero-order chi connectivity index (χ0) is 13.0. The van der Waals surface area contributed by atoms with Crippen molar-refractivity contribution in [2.75, 3.05) is 6.54 Å². The van der Waals surface area contributed by atoms with Crippen molar-refractivity contribution in [3.05, 3.63) is 36.0 Å². The Hall–Kier alpha value is -1.28. The molecule has 1 heterocycles. The van der Waals surface area contributed by atoms with Crippen molar-refractivity contribution in [3.63, 3.8) is 0 Å². The second-order valence-electron chi connectivity index (χ2n) is 5.00. The predicted molar refractivity (Wildman–Crippen MR) is 78.9 cm³/mol. The highest BCUT2D eigenvalue weighted by atomic mass is 15.0. The summed E-state index contributed by atoms with van der Waals surface area (Å²) in [5.41, 5.74) is 2.81. The molecule has 0 aliphatic carbocycles. The minimum absolute atomic E-state index is 0.579. The third kappa shape index (κ3) is 2.59. The molecule has 2 aromatic rings. The van der Waals surface area contributed by atoms with Crippen LogP contribution in [0.3, 0.4) is 0 Å². The Labute approximate surface area is 110 Å². The number of hydrogen-bond donors (Lipinski definition) is 1. The van der Waals surface area contributed by atoms with E-state index in [1.54, 1.807) is 0 Å². The average molecular weight is 244 g/mol. The van der Waals surface area contributed by atoms with E-state index in [4.69, 9.17) is 0 Å². The molecule has 0 fully saturated rings. The predicted octanol–water partition coefficient (Wildman–Crippen LogP) is 4.11. The van der Waals surface area contributed by atoms with Gasteiger partial charge in [0.2, 0.25) is 0 Å². The second kappa shape index (κ2) is 6.05. The molecule has 18 heavy (non-hydrogen) atoms. The summed E-state index contributed by atoms with van der Waals surface area (Å²) < 4.78 is 2.44. The Morgan fingerprint density at radius 3 is 2.78 bits per heavy atom. The van der Waals surface area contributed by atoms with E-state index in [2.05, 4.69) is 61.1 Å². The molecule has 98 valence electrons. The van der Waals surface area contributed by atoms with Crippen molar-refractivity contribution in [2.24, 2.45) is 0 Å². The fourth-order valence-corrected chi connectivity index (χ4v) is 2.62. The summed E-state index contributed by atoms with van der Waals surface area (Å²) in [5, 5.41) is 4.79. The maximum absolute atomic E-state index is 3.43. The number of nitrogens with zero attached hydrogens (tertiary/aromatic N) is 1. The lowest BCUT2D eigenvalue weighted by molar-refractivity contribution is 0.513. The SMILES string of the molecule is CCCC(C)n1ccc2cccc(CNCC)c21. The van der Waals surface area contributed by atoms with Crippen molar-refractivity contribution in [3.8, 4) is 0 Å². The molecule has 2 rings (SSSR count). The summed E-state index contributed by atoms with van der Waals surface area (Å²) in [5.74, 6) is 0. The number of para-hydroxylation sites is 1. The smallest absolute Gasteiger partial charge is 0.0528 e. The molecule has 1 atom stereocenters. The molecule has 1 aromatic carbocycles. The fraction of sp³-hybridized carbons (Fsp3) is 0.500. The van der Waals surface area contributed by atoms with E-state index in [9.17, 15) is 0 Å². The van der Waals surface area contributed by atoms with E-state index in [0.717, 1.165) is 13.1 Å². The Bertz CT molecular complexity index is 499. The van der Waals surface area contributed by atoms with Crippen LogP contribution >= 0.6 is 0 Å². The van der Waals surface area contributed by atoms with Gasteiger partial charge < -0.3 is 9.88 Å². The Morgan fingerprint density at radius 2 is 2.06 bits per heavy atom. The van der Waals surface area contributed by atoms with Crippen LogP contribution in [-0.4, -0.2) is 11.1 Å². The van der Waals surface area contributed by atoms with Crippen molar-refractivity contribution in [1.82, 2.24) is 9.88 Å². The standard InChI is InChI=1S/C16H24N2/c1-4-7-13(3)18-11-10-14-8-6-9-15(16(14)18)12-17-5-2/h6,8-11,13,17H,4-5,7,12H2,1-3H3. The molecule has 0 spiro atoms. The maximum atomic E-state index is 3.43. The number of aromatic nitrogens is 1. The van der Waals surface area contributed by atoms with Gasteiger partial charge >= 0.3 is 0 Å². The molecule has 0 aliphatic rings. The Balaban J connectivity index is 2.41. The van der Waals surface area contributed by atoms with E-state index in [0.29, 0.717) is 6.04 Å². The summed E-state index contributed by atoms with van der Waals surface area (Å²) >= 11 is 0. The van der Waals surface area contributed by atoms with E-state index < -0.39 is 0 Å². The van der Waals surface area contributed by atoms with Crippen LogP contribution in [0.2, 0.25) is 0 Å². The van der Waals surface area contributed by atoms with Gasteiger partial charge in [-0.05, 0) is 36.9 Å². The monoisotopic (exact) mass is 244 g/mol. The third-order valence-electron chi connectivity index (χ3n) is 3.57. The molecule has 0 saturated heterocycles. The number of nitrogens with one attached hydrogen (secondary N) is 1. The summed E-state index contributed by atoms with van der Waals surface area (Å²) in [7, 11) is 0. The fourth-order valence-electron chi connectivity index (χ4n) is 2.62. The normalized spacial score (nSPS) is 13.1. The summed E-state index contributed by atoms with van der Waals surface area (Å²) in [6, 6.07) is 9.41. The molecule has 0 bridgehead atoms. The molecule has 0 radical (unpaired) electrons. The van der Waals surface area contributed by atoms with Crippen LogP contribution in [0.5, 0.6) is 0 Å². The van der Waals surface area contributed by atoms with Gasteiger partial charge in [-0.25, -0.2) is 0 Å². The molecule has 2 heteroatoms. The summed E-state index contributed by atoms with van der Waals surface area (Å²) in [6.07, 6.45) is 4.70. The van der Waals surface area contributed by atoms with Crippen LogP contribution in [0.25, 0.3) is 10.9 Å². The molecular formula is C16H24N2. The van der Waals surface area contributed by atoms with Gasteiger partial charge in [-0.3, -0.25) is 0 Å². The van der Waals surface area contributed by atoms with Gasteiger partial charge in [0.25, 0.3) is 0 Å². The van der Waals surface area contributed by atoms with Crippen molar-refractivity contribution in [2.45, 2.75) is 46.2 Å². The lowest BCUT2D eigenvalue weighted by atomic mass is 10.1. The van der Waals surface area contributed by atoms with E-state index >= 15 is 0 Å². The first-order chi connectivity index (χ1) is 8.77. The van der Waals surface area contributed by atoms with Gasteiger partial charge in [-0.2, -0.15) is 0 Å². The summed E-state index contributed by atoms with van der Waals surface area (Å²) in [6.45, 7) is 8.69. The highest BCUT2D eigenvalue weighted by Crippen LogP contribution is 2.25. The van der Waals surface area contributed by atoms with E-state index in [1.807, 2.05) is 0 Å². The highest BCUT2D eigenvalue weighted by molar-refractivity contribution is 5.83. The van der Waals surface area contributed by atoms with Crippen LogP contribution in [0, 0.1) is 0 Å². The molecule has 0 amide bonds. The Kier molecular flexibility index (Phi) is 4.43. The number of hydrogen-bond acceptors (Lipinski definition) is 1. The zero-order valence-corrected chi connectivity index (χ0v) is 11.7. The number of rotatable bonds is 6. The maximum Gasteiger partial charge on any atom is 0.0528 e. The van der Waals surface area contributed by atoms with Crippen molar-refractivity contribution in [1.29, 1.82) is 0 Å². The van der Waals surface area contributed by atoms with Gasteiger partial charge in [0, 0.05) is 18.8 Å². The van der Waals surface area contributed by atoms with Crippen LogP contribution in [-0.2, 0) is 6.54 Å². The topological polar surface area (TPSA) is 17.0 Å². The molecule has 1 N–H and O–H groups in total. The van der Waals surface area contributed by atoms with E-state index in [-0.39, 0.29) is 0 Å². The minimum Gasteiger partial charge on any atom is -0.344 e. The van der Waals surface area contributed by atoms with Gasteiger partial charge in [0.1, 0.15) is 0 Å². The quantitative estimate of drug-likeness (QED) is 0.809. The molecule has 1 unspecified atom stereocenters. The lowest BCUT2D eigenvalue weighted by Gasteiger charge is -2.16. The van der Waals surface area contributed by atoms with Crippen LogP contribution in [0.15, 0.2) is 30.5 Å². The first-order valence-corrected chi connectivity index (χ1v) is 7.07. The molecule has 0 aliphatic heterocycles. The first kappa shape index (κ1) is 13.2. The third-order valence-corrected chi connectivity index (χ3v) is 3.57. The number of benzene rings is 1. The van der Waals surface area contributed by atoms with Crippen molar-refractivity contribution < 1.29 is 0 Å². The number of fused-ring (bicyclic) bond motifs is 1. The molecular weight excluding hydrogens is 220 g/mol. The van der Waals surface area contributed by atoms with Gasteiger partial charge in [-0.1, -0.05) is 38.5 Å². The second-order valence-corrected chi connectivity index (χ2v) is 5.00. The Morgan fingerprint density at radius 1 is 1.22 bits per heavy atom. The largest absolute Gasteiger partial charge is 0.344 e. The van der Waals surface area contributed by atoms with Crippen molar-refractivity contribution >= 4 is 10.9 Å². The van der Waals surface area contributed by atoms with Crippen LogP contribution in [0.1, 0.15) is 45.2 Å². The van der Waals surface area contributed by atoms with Crippen LogP contribution in [0.4, 0.5) is 0 Å². The minimum atomic E-state index is 0.579. The van der Waals surface area contributed by atoms with Gasteiger partial charge in [-0.15, -0.1) is 0 Å². The molecule has 2 nitrogen and oxygen atoms in total. The summed E-state index contributed by atoms with van der Waals surface area (Å²) in [4.78, 5) is 0. The average Bonchev–Trinajstić information content (AvgIpc) is 2.81. The van der Waals surface area contributed by atoms with Gasteiger partial charge in [0.05, 0.1) is 5.52 Å². The molecule has 0 saturated carbocycles. The van der Waals surface area contributed by atoms with E-state index in [1.165, 1.54) is 29.3 Å². The zero-order valence-electron chi connectivity index (χ0n) is 11.7. The van der Waals surface area contributed by atoms with Gasteiger partial charge in [0.15, 0.2) is 0 Å². The highest BCUT2D eigenvalue weighted by Gasteiger charge is 2.10. The first-order valence-electron chi connectivity index (χ1n) is 7.07. The molecule has 1 aromatic heterocycles. The van der Waals surface area contributed by atoms with Crippen LogP contribution < -0.4 is 5.32 Å².